The van der Waals surface area contributed by atoms with Crippen molar-refractivity contribution in [3.63, 3.8) is 0 Å². The van der Waals surface area contributed by atoms with Crippen molar-refractivity contribution < 1.29 is 9.90 Å². The molecule has 0 bridgehead atoms. The van der Waals surface area contributed by atoms with Crippen LogP contribution in [-0.4, -0.2) is 46.6 Å². The predicted molar refractivity (Wildman–Crippen MR) is 71.3 cm³/mol. The lowest BCUT2D eigenvalue weighted by atomic mass is 10.0. The van der Waals surface area contributed by atoms with Crippen molar-refractivity contribution in [2.75, 3.05) is 19.6 Å². The maximum atomic E-state index is 12.4. The number of amides is 1. The molecule has 19 heavy (non-hydrogen) atoms. The first-order chi connectivity index (χ1) is 9.11. The highest BCUT2D eigenvalue weighted by atomic mass is 16.3. The average molecular weight is 265 g/mol. The van der Waals surface area contributed by atoms with Gasteiger partial charge in [-0.3, -0.25) is 14.6 Å². The van der Waals surface area contributed by atoms with Gasteiger partial charge in [0.2, 0.25) is 0 Å². The summed E-state index contributed by atoms with van der Waals surface area (Å²) in [6.45, 7) is 4.25. The van der Waals surface area contributed by atoms with Gasteiger partial charge < -0.3 is 15.3 Å². The molecule has 0 aliphatic carbocycles. The van der Waals surface area contributed by atoms with Crippen LogP contribution >= 0.6 is 0 Å². The molecule has 6 nitrogen and oxygen atoms in total. The predicted octanol–water partition coefficient (Wildman–Crippen LogP) is 0.295. The first-order valence-electron chi connectivity index (χ1n) is 6.57. The molecular weight excluding hydrogens is 246 g/mol. The molecule has 0 aromatic carbocycles. The summed E-state index contributed by atoms with van der Waals surface area (Å²) in [4.78, 5) is 27.7. The lowest BCUT2D eigenvalue weighted by Crippen LogP contribution is -2.48. The van der Waals surface area contributed by atoms with Gasteiger partial charge in [-0.25, -0.2) is 0 Å². The molecule has 1 aromatic heterocycles. The quantitative estimate of drug-likeness (QED) is 0.733. The lowest BCUT2D eigenvalue weighted by Gasteiger charge is -2.34. The second-order valence-electron chi connectivity index (χ2n) is 4.71. The average Bonchev–Trinajstić information content (AvgIpc) is 2.39. The molecule has 0 radical (unpaired) electrons. The molecule has 3 N–H and O–H groups in total. The number of carbonyl (C=O) groups excluding carboxylic acids is 1. The van der Waals surface area contributed by atoms with Crippen molar-refractivity contribution in [3.8, 4) is 5.88 Å². The molecule has 1 aliphatic heterocycles. The fourth-order valence-electron chi connectivity index (χ4n) is 2.48. The van der Waals surface area contributed by atoms with E-state index in [1.165, 1.54) is 12.1 Å². The summed E-state index contributed by atoms with van der Waals surface area (Å²) >= 11 is 0. The van der Waals surface area contributed by atoms with Crippen LogP contribution in [0.3, 0.4) is 0 Å². The number of hydrogen-bond acceptors (Lipinski definition) is 4. The van der Waals surface area contributed by atoms with Gasteiger partial charge in [-0.05, 0) is 26.3 Å². The number of likely N-dealkylation sites (N-methyl/N-ethyl adjacent to an activating group) is 1. The van der Waals surface area contributed by atoms with E-state index in [9.17, 15) is 14.7 Å². The smallest absolute Gasteiger partial charge is 0.254 e. The van der Waals surface area contributed by atoms with Crippen molar-refractivity contribution >= 4 is 5.91 Å². The Kier molecular flexibility index (Phi) is 4.21. The van der Waals surface area contributed by atoms with E-state index in [1.54, 1.807) is 4.90 Å². The highest BCUT2D eigenvalue weighted by Gasteiger charge is 2.25. The number of nitrogens with zero attached hydrogens (tertiary/aromatic N) is 1. The Bertz CT molecular complexity index is 506. The summed E-state index contributed by atoms with van der Waals surface area (Å²) in [5.41, 5.74) is -0.241. The third-order valence-corrected chi connectivity index (χ3v) is 3.39. The Balaban J connectivity index is 2.22. The van der Waals surface area contributed by atoms with Gasteiger partial charge in [0.05, 0.1) is 5.56 Å². The fraction of sp³-hybridized carbons (Fsp3) is 0.538. The Morgan fingerprint density at radius 3 is 2.89 bits per heavy atom. The molecule has 0 saturated carbocycles. The third kappa shape index (κ3) is 3.14. The van der Waals surface area contributed by atoms with E-state index in [1.807, 2.05) is 6.92 Å². The molecule has 1 fully saturated rings. The van der Waals surface area contributed by atoms with E-state index in [4.69, 9.17) is 0 Å². The molecule has 6 heteroatoms. The topological polar surface area (TPSA) is 85.4 Å². The van der Waals surface area contributed by atoms with Gasteiger partial charge in [0.1, 0.15) is 0 Å². The Labute approximate surface area is 111 Å². The Morgan fingerprint density at radius 2 is 2.32 bits per heavy atom. The Morgan fingerprint density at radius 1 is 1.53 bits per heavy atom. The van der Waals surface area contributed by atoms with Crippen LogP contribution in [0.4, 0.5) is 0 Å². The van der Waals surface area contributed by atoms with Gasteiger partial charge >= 0.3 is 0 Å². The number of aromatic amines is 1. The van der Waals surface area contributed by atoms with E-state index >= 15 is 0 Å². The molecule has 0 spiro atoms. The van der Waals surface area contributed by atoms with Gasteiger partial charge in [0.25, 0.3) is 11.5 Å². The van der Waals surface area contributed by atoms with Gasteiger partial charge in [-0.2, -0.15) is 0 Å². The number of aromatic nitrogens is 1. The molecule has 1 amide bonds. The molecule has 1 aromatic rings. The molecule has 2 rings (SSSR count). The summed E-state index contributed by atoms with van der Waals surface area (Å²) in [5, 5.41) is 12.6. The van der Waals surface area contributed by atoms with Crippen LogP contribution in [0.1, 0.15) is 30.1 Å². The lowest BCUT2D eigenvalue weighted by molar-refractivity contribution is 0.0661. The van der Waals surface area contributed by atoms with Gasteiger partial charge in [0.15, 0.2) is 5.88 Å². The first-order valence-corrected chi connectivity index (χ1v) is 6.57. The second kappa shape index (κ2) is 5.88. The van der Waals surface area contributed by atoms with Crippen LogP contribution < -0.4 is 10.9 Å². The zero-order chi connectivity index (χ0) is 13.8. The van der Waals surface area contributed by atoms with Crippen molar-refractivity contribution in [2.24, 2.45) is 0 Å². The minimum atomic E-state index is -0.471. The summed E-state index contributed by atoms with van der Waals surface area (Å²) in [6, 6.07) is 2.66. The maximum Gasteiger partial charge on any atom is 0.254 e. The van der Waals surface area contributed by atoms with Crippen molar-refractivity contribution in [1.29, 1.82) is 0 Å². The summed E-state index contributed by atoms with van der Waals surface area (Å²) < 4.78 is 0. The minimum absolute atomic E-state index is 0.146. The highest BCUT2D eigenvalue weighted by Crippen LogP contribution is 2.15. The number of nitrogens with one attached hydrogen (secondary N) is 2. The SMILES string of the molecule is CCN(C(=O)c1cc(O)[nH]c(=O)c1)C1CCCNC1. The van der Waals surface area contributed by atoms with Crippen LogP contribution in [0, 0.1) is 0 Å². The van der Waals surface area contributed by atoms with Gasteiger partial charge in [-0.1, -0.05) is 0 Å². The number of carbonyl (C=O) groups is 1. The molecule has 1 unspecified atom stereocenters. The van der Waals surface area contributed by atoms with Crippen molar-refractivity contribution in [1.82, 2.24) is 15.2 Å². The zero-order valence-corrected chi connectivity index (χ0v) is 11.0. The van der Waals surface area contributed by atoms with E-state index in [0.29, 0.717) is 6.54 Å². The van der Waals surface area contributed by atoms with Crippen LogP contribution in [-0.2, 0) is 0 Å². The monoisotopic (exact) mass is 265 g/mol. The van der Waals surface area contributed by atoms with E-state index in [-0.39, 0.29) is 23.4 Å². The van der Waals surface area contributed by atoms with E-state index in [0.717, 1.165) is 25.9 Å². The summed E-state index contributed by atoms with van der Waals surface area (Å²) in [5.74, 6) is -0.494. The molecule has 1 atom stereocenters. The second-order valence-corrected chi connectivity index (χ2v) is 4.71. The van der Waals surface area contributed by atoms with E-state index in [2.05, 4.69) is 10.3 Å². The molecule has 2 heterocycles. The van der Waals surface area contributed by atoms with Crippen LogP contribution in [0.25, 0.3) is 0 Å². The number of pyridine rings is 1. The minimum Gasteiger partial charge on any atom is -0.494 e. The molecule has 1 saturated heterocycles. The normalized spacial score (nSPS) is 19.1. The molecular formula is C13H19N3O3. The number of hydrogen-bond donors (Lipinski definition) is 3. The summed E-state index contributed by atoms with van der Waals surface area (Å²) in [7, 11) is 0. The van der Waals surface area contributed by atoms with Crippen LogP contribution in [0.5, 0.6) is 5.88 Å². The van der Waals surface area contributed by atoms with Gasteiger partial charge in [0, 0.05) is 31.3 Å². The highest BCUT2D eigenvalue weighted by molar-refractivity contribution is 5.94. The number of aromatic hydroxyl groups is 1. The number of rotatable bonds is 3. The van der Waals surface area contributed by atoms with E-state index < -0.39 is 5.56 Å². The van der Waals surface area contributed by atoms with Crippen molar-refractivity contribution in [3.05, 3.63) is 28.0 Å². The number of H-pyrrole nitrogens is 1. The molecule has 1 aliphatic rings. The maximum absolute atomic E-state index is 12.4. The Hall–Kier alpha value is -1.82. The molecule has 104 valence electrons. The number of piperidine rings is 1. The third-order valence-electron chi connectivity index (χ3n) is 3.39. The zero-order valence-electron chi connectivity index (χ0n) is 11.0. The first kappa shape index (κ1) is 13.6. The van der Waals surface area contributed by atoms with Crippen LogP contribution in [0.15, 0.2) is 16.9 Å². The summed E-state index contributed by atoms with van der Waals surface area (Å²) in [6.07, 6.45) is 2.00. The fourth-order valence-corrected chi connectivity index (χ4v) is 2.48. The largest absolute Gasteiger partial charge is 0.494 e. The standard InChI is InChI=1S/C13H19N3O3/c1-2-16(10-4-3-5-14-8-10)13(19)9-6-11(17)15-12(18)7-9/h6-7,10,14H,2-5,8H2,1H3,(H2,15,17,18). The van der Waals surface area contributed by atoms with Crippen LogP contribution in [0.2, 0.25) is 0 Å². The van der Waals surface area contributed by atoms with Crippen molar-refractivity contribution in [2.45, 2.75) is 25.8 Å². The van der Waals surface area contributed by atoms with Gasteiger partial charge in [-0.15, -0.1) is 0 Å².